The van der Waals surface area contributed by atoms with Crippen LogP contribution in [-0.2, 0) is 9.59 Å². The number of amides is 1. The van der Waals surface area contributed by atoms with Gasteiger partial charge in [0.05, 0.1) is 12.7 Å². The summed E-state index contributed by atoms with van der Waals surface area (Å²) in [7, 11) is 3.15. The van der Waals surface area contributed by atoms with Crippen molar-refractivity contribution in [1.29, 1.82) is 0 Å². The SMILES string of the molecule is COc1cccc2c1OCC(C(=O)N(C)C1(C(=O)O)CCCCC1)=C2. The minimum atomic E-state index is -1.12. The van der Waals surface area contributed by atoms with E-state index in [0.717, 1.165) is 24.8 Å². The van der Waals surface area contributed by atoms with Gasteiger partial charge in [0.1, 0.15) is 12.1 Å². The van der Waals surface area contributed by atoms with Crippen LogP contribution in [0.1, 0.15) is 37.7 Å². The summed E-state index contributed by atoms with van der Waals surface area (Å²) in [6.07, 6.45) is 5.39. The molecule has 134 valence electrons. The van der Waals surface area contributed by atoms with E-state index in [0.29, 0.717) is 29.9 Å². The molecule has 1 aromatic rings. The number of methoxy groups -OCH3 is 1. The van der Waals surface area contributed by atoms with E-state index in [-0.39, 0.29) is 12.5 Å². The molecular weight excluding hydrogens is 322 g/mol. The highest BCUT2D eigenvalue weighted by Gasteiger charge is 2.46. The lowest BCUT2D eigenvalue weighted by molar-refractivity contribution is -0.159. The van der Waals surface area contributed by atoms with E-state index >= 15 is 0 Å². The molecule has 0 saturated heterocycles. The zero-order chi connectivity index (χ0) is 18.0. The number of benzene rings is 1. The third kappa shape index (κ3) is 2.97. The van der Waals surface area contributed by atoms with Gasteiger partial charge in [0, 0.05) is 12.6 Å². The van der Waals surface area contributed by atoms with Crippen LogP contribution in [0.3, 0.4) is 0 Å². The van der Waals surface area contributed by atoms with Crippen LogP contribution in [0.5, 0.6) is 11.5 Å². The number of ether oxygens (including phenoxy) is 2. The van der Waals surface area contributed by atoms with E-state index in [1.54, 1.807) is 26.3 Å². The summed E-state index contributed by atoms with van der Waals surface area (Å²) in [4.78, 5) is 26.3. The van der Waals surface area contributed by atoms with Gasteiger partial charge < -0.3 is 19.5 Å². The minimum Gasteiger partial charge on any atom is -0.493 e. The average Bonchev–Trinajstić information content (AvgIpc) is 2.66. The molecule has 1 aromatic carbocycles. The number of rotatable bonds is 4. The zero-order valence-corrected chi connectivity index (χ0v) is 14.6. The predicted octanol–water partition coefficient (Wildman–Crippen LogP) is 2.72. The summed E-state index contributed by atoms with van der Waals surface area (Å²) in [5.41, 5.74) is 0.0926. The number of hydrogen-bond donors (Lipinski definition) is 1. The fourth-order valence-corrected chi connectivity index (χ4v) is 3.70. The second kappa shape index (κ2) is 6.78. The van der Waals surface area contributed by atoms with E-state index in [1.165, 1.54) is 4.90 Å². The lowest BCUT2D eigenvalue weighted by Crippen LogP contribution is -2.56. The molecule has 0 aromatic heterocycles. The molecule has 25 heavy (non-hydrogen) atoms. The van der Waals surface area contributed by atoms with E-state index in [9.17, 15) is 14.7 Å². The molecule has 0 spiro atoms. The number of hydrogen-bond acceptors (Lipinski definition) is 4. The van der Waals surface area contributed by atoms with Gasteiger partial charge in [-0.15, -0.1) is 0 Å². The van der Waals surface area contributed by atoms with Crippen molar-refractivity contribution in [2.45, 2.75) is 37.6 Å². The van der Waals surface area contributed by atoms with E-state index in [2.05, 4.69) is 0 Å². The summed E-state index contributed by atoms with van der Waals surface area (Å²) in [5.74, 6) is -0.00192. The van der Waals surface area contributed by atoms with Crippen LogP contribution in [0.15, 0.2) is 23.8 Å². The van der Waals surface area contributed by atoms with E-state index < -0.39 is 11.5 Å². The van der Waals surface area contributed by atoms with E-state index in [1.807, 2.05) is 12.1 Å². The number of nitrogens with zero attached hydrogens (tertiary/aromatic N) is 1. The third-order valence-electron chi connectivity index (χ3n) is 5.23. The average molecular weight is 345 g/mol. The number of carboxylic acids is 1. The summed E-state index contributed by atoms with van der Waals surface area (Å²) < 4.78 is 11.0. The Balaban J connectivity index is 1.89. The Hall–Kier alpha value is -2.50. The summed E-state index contributed by atoms with van der Waals surface area (Å²) >= 11 is 0. The topological polar surface area (TPSA) is 76.1 Å². The van der Waals surface area contributed by atoms with Crippen LogP contribution >= 0.6 is 0 Å². The second-order valence-electron chi connectivity index (χ2n) is 6.60. The Labute approximate surface area is 147 Å². The molecule has 1 aliphatic carbocycles. The number of carbonyl (C=O) groups is 2. The molecule has 6 heteroatoms. The van der Waals surface area contributed by atoms with Crippen molar-refractivity contribution in [1.82, 2.24) is 4.90 Å². The molecule has 1 aliphatic heterocycles. The van der Waals surface area contributed by atoms with Crippen LogP contribution in [-0.4, -0.2) is 48.2 Å². The first-order chi connectivity index (χ1) is 12.0. The fourth-order valence-electron chi connectivity index (χ4n) is 3.70. The maximum absolute atomic E-state index is 13.0. The minimum absolute atomic E-state index is 0.103. The molecule has 3 rings (SSSR count). The van der Waals surface area contributed by atoms with Gasteiger partial charge in [-0.2, -0.15) is 0 Å². The zero-order valence-electron chi connectivity index (χ0n) is 14.6. The summed E-state index contributed by atoms with van der Waals surface area (Å²) in [5, 5.41) is 9.77. The largest absolute Gasteiger partial charge is 0.493 e. The molecule has 0 radical (unpaired) electrons. The molecule has 1 amide bonds. The number of carbonyl (C=O) groups excluding carboxylic acids is 1. The van der Waals surface area contributed by atoms with Crippen molar-refractivity contribution >= 4 is 18.0 Å². The highest BCUT2D eigenvalue weighted by molar-refractivity contribution is 6.01. The van der Waals surface area contributed by atoms with Crippen molar-refractivity contribution in [2.24, 2.45) is 0 Å². The van der Waals surface area contributed by atoms with Crippen LogP contribution in [0.25, 0.3) is 6.08 Å². The lowest BCUT2D eigenvalue weighted by Gasteiger charge is -2.41. The first kappa shape index (κ1) is 17.3. The van der Waals surface area contributed by atoms with Gasteiger partial charge >= 0.3 is 5.97 Å². The molecular formula is C19H23NO5. The van der Waals surface area contributed by atoms with Crippen LogP contribution in [0.4, 0.5) is 0 Å². The van der Waals surface area contributed by atoms with Crippen molar-refractivity contribution in [3.8, 4) is 11.5 Å². The number of aliphatic carboxylic acids is 1. The van der Waals surface area contributed by atoms with Gasteiger partial charge in [-0.05, 0) is 25.0 Å². The Morgan fingerprint density at radius 3 is 2.60 bits per heavy atom. The Morgan fingerprint density at radius 1 is 1.24 bits per heavy atom. The molecule has 1 saturated carbocycles. The normalized spacial score (nSPS) is 18.4. The van der Waals surface area contributed by atoms with Gasteiger partial charge in [0.15, 0.2) is 11.5 Å². The number of fused-ring (bicyclic) bond motifs is 1. The number of likely N-dealkylation sites (N-methyl/N-ethyl adjacent to an activating group) is 1. The first-order valence-electron chi connectivity index (χ1n) is 8.51. The van der Waals surface area contributed by atoms with Crippen LogP contribution in [0, 0.1) is 0 Å². The second-order valence-corrected chi connectivity index (χ2v) is 6.60. The van der Waals surface area contributed by atoms with E-state index in [4.69, 9.17) is 9.47 Å². The number of carboxylic acid groups (broad SMARTS) is 1. The molecule has 0 atom stereocenters. The lowest BCUT2D eigenvalue weighted by atomic mass is 9.80. The Morgan fingerprint density at radius 2 is 1.96 bits per heavy atom. The molecule has 1 N–H and O–H groups in total. The highest BCUT2D eigenvalue weighted by atomic mass is 16.5. The summed E-state index contributed by atoms with van der Waals surface area (Å²) in [6.45, 7) is 0.103. The smallest absolute Gasteiger partial charge is 0.329 e. The molecule has 2 aliphatic rings. The molecule has 1 heterocycles. The van der Waals surface area contributed by atoms with Crippen LogP contribution < -0.4 is 9.47 Å². The van der Waals surface area contributed by atoms with Gasteiger partial charge in [-0.1, -0.05) is 31.4 Å². The van der Waals surface area contributed by atoms with Crippen molar-refractivity contribution in [3.05, 3.63) is 29.3 Å². The molecule has 0 unspecified atom stereocenters. The van der Waals surface area contributed by atoms with Gasteiger partial charge in [0.25, 0.3) is 5.91 Å². The maximum Gasteiger partial charge on any atom is 0.329 e. The Kier molecular flexibility index (Phi) is 4.70. The summed E-state index contributed by atoms with van der Waals surface area (Å²) in [6, 6.07) is 5.47. The third-order valence-corrected chi connectivity index (χ3v) is 5.23. The monoisotopic (exact) mass is 345 g/mol. The van der Waals surface area contributed by atoms with Crippen LogP contribution in [0.2, 0.25) is 0 Å². The van der Waals surface area contributed by atoms with Gasteiger partial charge in [0.2, 0.25) is 0 Å². The first-order valence-corrected chi connectivity index (χ1v) is 8.51. The fraction of sp³-hybridized carbons (Fsp3) is 0.474. The molecule has 0 bridgehead atoms. The quantitative estimate of drug-likeness (QED) is 0.908. The molecule has 6 nitrogen and oxygen atoms in total. The van der Waals surface area contributed by atoms with Gasteiger partial charge in [-0.3, -0.25) is 4.79 Å². The molecule has 1 fully saturated rings. The van der Waals surface area contributed by atoms with Gasteiger partial charge in [-0.25, -0.2) is 4.79 Å². The van der Waals surface area contributed by atoms with Crippen molar-refractivity contribution in [3.63, 3.8) is 0 Å². The Bertz CT molecular complexity index is 719. The van der Waals surface area contributed by atoms with Crippen molar-refractivity contribution < 1.29 is 24.2 Å². The van der Waals surface area contributed by atoms with Crippen molar-refractivity contribution in [2.75, 3.05) is 20.8 Å². The predicted molar refractivity (Wildman–Crippen MR) is 92.7 cm³/mol. The number of para-hydroxylation sites is 1. The standard InChI is InChI=1S/C19H23NO5/c1-20(19(18(22)23)9-4-3-5-10-19)17(21)14-11-13-7-6-8-15(24-2)16(13)25-12-14/h6-8,11H,3-5,9-10,12H2,1-2H3,(H,22,23). The maximum atomic E-state index is 13.0. The highest BCUT2D eigenvalue weighted by Crippen LogP contribution is 2.38.